The van der Waals surface area contributed by atoms with Crippen LogP contribution >= 0.6 is 0 Å². The number of methoxy groups -OCH3 is 1. The molecule has 4 rings (SSSR count). The van der Waals surface area contributed by atoms with Gasteiger partial charge in [-0.1, -0.05) is 12.1 Å². The second-order valence-corrected chi connectivity index (χ2v) is 5.87. The van der Waals surface area contributed by atoms with Crippen LogP contribution in [-0.2, 0) is 23.8 Å². The first-order chi connectivity index (χ1) is 9.26. The van der Waals surface area contributed by atoms with E-state index in [2.05, 4.69) is 41.3 Å². The molecule has 19 heavy (non-hydrogen) atoms. The van der Waals surface area contributed by atoms with Crippen molar-refractivity contribution in [3.63, 3.8) is 0 Å². The van der Waals surface area contributed by atoms with Crippen LogP contribution in [0.2, 0.25) is 0 Å². The number of fused-ring (bicyclic) bond motifs is 2. The lowest BCUT2D eigenvalue weighted by atomic mass is 9.72. The van der Waals surface area contributed by atoms with Gasteiger partial charge in [0.2, 0.25) is 0 Å². The van der Waals surface area contributed by atoms with E-state index in [1.807, 2.05) is 7.11 Å². The van der Waals surface area contributed by atoms with Crippen molar-refractivity contribution in [3.05, 3.63) is 35.5 Å². The van der Waals surface area contributed by atoms with Gasteiger partial charge in [-0.3, -0.25) is 0 Å². The van der Waals surface area contributed by atoms with Crippen molar-refractivity contribution in [2.24, 2.45) is 7.05 Å². The number of aryl methyl sites for hydroxylation is 1. The molecule has 1 saturated heterocycles. The SMILES string of the molecule is CO[C@]12CCCN[C@@H]1Cc1cn(C)c3cccc2c13. The van der Waals surface area contributed by atoms with Crippen LogP contribution in [0, 0.1) is 0 Å². The molecule has 0 spiro atoms. The summed E-state index contributed by atoms with van der Waals surface area (Å²) in [6.45, 7) is 1.11. The molecule has 3 nitrogen and oxygen atoms in total. The first kappa shape index (κ1) is 11.5. The molecule has 1 aromatic heterocycles. The molecule has 0 unspecified atom stereocenters. The third-order valence-electron chi connectivity index (χ3n) is 5.02. The fourth-order valence-corrected chi connectivity index (χ4v) is 4.15. The second-order valence-electron chi connectivity index (χ2n) is 5.87. The largest absolute Gasteiger partial charge is 0.372 e. The average Bonchev–Trinajstić information content (AvgIpc) is 2.77. The van der Waals surface area contributed by atoms with Gasteiger partial charge < -0.3 is 14.6 Å². The molecule has 2 aliphatic rings. The van der Waals surface area contributed by atoms with E-state index in [0.29, 0.717) is 6.04 Å². The van der Waals surface area contributed by atoms with Crippen molar-refractivity contribution in [2.75, 3.05) is 13.7 Å². The fraction of sp³-hybridized carbons (Fsp3) is 0.500. The van der Waals surface area contributed by atoms with Crippen molar-refractivity contribution in [2.45, 2.75) is 30.9 Å². The Morgan fingerprint density at radius 1 is 1.42 bits per heavy atom. The number of ether oxygens (including phenoxy) is 1. The molecule has 1 aliphatic heterocycles. The van der Waals surface area contributed by atoms with Crippen LogP contribution in [0.3, 0.4) is 0 Å². The maximum Gasteiger partial charge on any atom is 0.109 e. The number of piperidine rings is 1. The molecule has 100 valence electrons. The zero-order valence-corrected chi connectivity index (χ0v) is 11.6. The smallest absolute Gasteiger partial charge is 0.109 e. The third kappa shape index (κ3) is 1.35. The average molecular weight is 256 g/mol. The monoisotopic (exact) mass is 256 g/mol. The molecule has 1 fully saturated rings. The lowest BCUT2D eigenvalue weighted by Crippen LogP contribution is -2.56. The van der Waals surface area contributed by atoms with Gasteiger partial charge in [-0.05, 0) is 43.0 Å². The van der Waals surface area contributed by atoms with Gasteiger partial charge in [-0.25, -0.2) is 0 Å². The van der Waals surface area contributed by atoms with E-state index in [1.54, 1.807) is 0 Å². The van der Waals surface area contributed by atoms with E-state index in [0.717, 1.165) is 19.4 Å². The Morgan fingerprint density at radius 2 is 2.32 bits per heavy atom. The Labute approximate surface area is 113 Å². The number of aromatic nitrogens is 1. The molecule has 1 aliphatic carbocycles. The quantitative estimate of drug-likeness (QED) is 0.847. The fourth-order valence-electron chi connectivity index (χ4n) is 4.15. The van der Waals surface area contributed by atoms with E-state index in [1.165, 1.54) is 28.5 Å². The molecule has 3 heteroatoms. The van der Waals surface area contributed by atoms with E-state index in [9.17, 15) is 0 Å². The number of hydrogen-bond acceptors (Lipinski definition) is 2. The third-order valence-corrected chi connectivity index (χ3v) is 5.02. The highest BCUT2D eigenvalue weighted by molar-refractivity contribution is 5.89. The van der Waals surface area contributed by atoms with Crippen LogP contribution < -0.4 is 5.32 Å². The molecule has 1 N–H and O–H groups in total. The molecule has 1 aromatic carbocycles. The molecule has 0 radical (unpaired) electrons. The number of rotatable bonds is 1. The number of nitrogens with one attached hydrogen (secondary N) is 1. The Hall–Kier alpha value is -1.32. The van der Waals surface area contributed by atoms with Crippen LogP contribution in [0.5, 0.6) is 0 Å². The van der Waals surface area contributed by atoms with Gasteiger partial charge in [0, 0.05) is 37.3 Å². The van der Waals surface area contributed by atoms with E-state index in [4.69, 9.17) is 4.74 Å². The Morgan fingerprint density at radius 3 is 3.16 bits per heavy atom. The van der Waals surface area contributed by atoms with E-state index < -0.39 is 0 Å². The molecule has 2 aromatic rings. The first-order valence-electron chi connectivity index (χ1n) is 7.12. The van der Waals surface area contributed by atoms with Crippen LogP contribution in [0.15, 0.2) is 24.4 Å². The van der Waals surface area contributed by atoms with Gasteiger partial charge in [-0.15, -0.1) is 0 Å². The van der Waals surface area contributed by atoms with Gasteiger partial charge in [0.15, 0.2) is 0 Å². The summed E-state index contributed by atoms with van der Waals surface area (Å²) in [4.78, 5) is 0. The Kier molecular flexibility index (Phi) is 2.32. The zero-order chi connectivity index (χ0) is 13.0. The maximum atomic E-state index is 6.07. The summed E-state index contributed by atoms with van der Waals surface area (Å²) in [5, 5.41) is 5.09. The lowest BCUT2D eigenvalue weighted by Gasteiger charge is -2.46. The molecule has 0 bridgehead atoms. The predicted molar refractivity (Wildman–Crippen MR) is 76.3 cm³/mol. The minimum atomic E-state index is -0.133. The highest BCUT2D eigenvalue weighted by Gasteiger charge is 2.46. The van der Waals surface area contributed by atoms with Crippen molar-refractivity contribution < 1.29 is 4.74 Å². The predicted octanol–water partition coefficient (Wildman–Crippen LogP) is 2.33. The first-order valence-corrected chi connectivity index (χ1v) is 7.12. The lowest BCUT2D eigenvalue weighted by molar-refractivity contribution is -0.0681. The molecule has 0 amide bonds. The van der Waals surface area contributed by atoms with Crippen molar-refractivity contribution >= 4 is 10.9 Å². The summed E-state index contributed by atoms with van der Waals surface area (Å²) in [6, 6.07) is 7.04. The minimum Gasteiger partial charge on any atom is -0.372 e. The summed E-state index contributed by atoms with van der Waals surface area (Å²) in [5.74, 6) is 0. The molecule has 2 atom stereocenters. The van der Waals surface area contributed by atoms with Gasteiger partial charge in [0.1, 0.15) is 5.60 Å². The molecule has 2 heterocycles. The summed E-state index contributed by atoms with van der Waals surface area (Å²) in [6.07, 6.45) is 5.66. The highest BCUT2D eigenvalue weighted by atomic mass is 16.5. The van der Waals surface area contributed by atoms with Crippen LogP contribution in [0.4, 0.5) is 0 Å². The van der Waals surface area contributed by atoms with Gasteiger partial charge >= 0.3 is 0 Å². The normalized spacial score (nSPS) is 29.5. The topological polar surface area (TPSA) is 26.2 Å². The Bertz CT molecular complexity index is 645. The van der Waals surface area contributed by atoms with Gasteiger partial charge in [0.05, 0.1) is 0 Å². The minimum absolute atomic E-state index is 0.133. The number of hydrogen-bond donors (Lipinski definition) is 1. The van der Waals surface area contributed by atoms with Crippen LogP contribution in [0.1, 0.15) is 24.0 Å². The molecular weight excluding hydrogens is 236 g/mol. The summed E-state index contributed by atoms with van der Waals surface area (Å²) >= 11 is 0. The van der Waals surface area contributed by atoms with Crippen molar-refractivity contribution in [1.29, 1.82) is 0 Å². The van der Waals surface area contributed by atoms with E-state index in [-0.39, 0.29) is 5.60 Å². The van der Waals surface area contributed by atoms with Gasteiger partial charge in [0.25, 0.3) is 0 Å². The second kappa shape index (κ2) is 3.84. The van der Waals surface area contributed by atoms with Crippen molar-refractivity contribution in [1.82, 2.24) is 9.88 Å². The molecule has 0 saturated carbocycles. The van der Waals surface area contributed by atoms with Gasteiger partial charge in [-0.2, -0.15) is 0 Å². The summed E-state index contributed by atoms with van der Waals surface area (Å²) in [7, 11) is 4.00. The number of benzene rings is 1. The van der Waals surface area contributed by atoms with Crippen LogP contribution in [-0.4, -0.2) is 24.3 Å². The summed E-state index contributed by atoms with van der Waals surface area (Å²) in [5.41, 5.74) is 4.03. The number of nitrogens with zero attached hydrogens (tertiary/aromatic N) is 1. The van der Waals surface area contributed by atoms with Crippen molar-refractivity contribution in [3.8, 4) is 0 Å². The highest BCUT2D eigenvalue weighted by Crippen LogP contribution is 2.46. The molecular formula is C16H20N2O. The van der Waals surface area contributed by atoms with E-state index >= 15 is 0 Å². The Balaban J connectivity index is 2.05. The zero-order valence-electron chi connectivity index (χ0n) is 11.6. The van der Waals surface area contributed by atoms with Crippen LogP contribution in [0.25, 0.3) is 10.9 Å². The maximum absolute atomic E-state index is 6.07. The standard InChI is InChI=1S/C16H20N2O/c1-18-10-11-9-14-16(19-2,7-4-8-17-14)12-5-3-6-13(18)15(11)12/h3,5-6,10,14,17H,4,7-9H2,1-2H3/t14-,16+/m1/s1. The summed E-state index contributed by atoms with van der Waals surface area (Å²) < 4.78 is 8.31.